The van der Waals surface area contributed by atoms with Crippen LogP contribution in [0.3, 0.4) is 0 Å². The van der Waals surface area contributed by atoms with Crippen LogP contribution in [0.15, 0.2) is 59.5 Å². The summed E-state index contributed by atoms with van der Waals surface area (Å²) in [6.45, 7) is 4.08. The van der Waals surface area contributed by atoms with Gasteiger partial charge in [0.25, 0.3) is 0 Å². The number of anilines is 1. The summed E-state index contributed by atoms with van der Waals surface area (Å²) in [6, 6.07) is 17.7. The standard InChI is InChI=1S/C21H26N2O2S/c1-16(26-20-6-4-3-5-7-20)21(24)22-17-8-10-18(11-9-17)25-19-12-14-23(2)15-13-19/h3-11,16,19H,12-15H2,1-2H3,(H,22,24)/t16-/m1/s1. The summed E-state index contributed by atoms with van der Waals surface area (Å²) in [4.78, 5) is 15.8. The summed E-state index contributed by atoms with van der Waals surface area (Å²) in [7, 11) is 2.14. The first-order valence-electron chi connectivity index (χ1n) is 9.08. The Labute approximate surface area is 159 Å². The van der Waals surface area contributed by atoms with Gasteiger partial charge in [-0.1, -0.05) is 18.2 Å². The summed E-state index contributed by atoms with van der Waals surface area (Å²) in [5.74, 6) is 0.868. The molecular weight excluding hydrogens is 344 g/mol. The number of hydrogen-bond donors (Lipinski definition) is 1. The SMILES string of the molecule is C[C@@H](Sc1ccccc1)C(=O)Nc1ccc(OC2CCN(C)CC2)cc1. The number of thioether (sulfide) groups is 1. The number of rotatable bonds is 6. The van der Waals surface area contributed by atoms with Crippen molar-refractivity contribution >= 4 is 23.4 Å². The monoisotopic (exact) mass is 370 g/mol. The molecule has 0 aliphatic carbocycles. The van der Waals surface area contributed by atoms with Crippen molar-refractivity contribution in [1.82, 2.24) is 4.90 Å². The third-order valence-corrected chi connectivity index (χ3v) is 5.63. The summed E-state index contributed by atoms with van der Waals surface area (Å²) in [5, 5.41) is 2.82. The predicted octanol–water partition coefficient (Wildman–Crippen LogP) is 4.28. The topological polar surface area (TPSA) is 41.6 Å². The lowest BCUT2D eigenvalue weighted by Crippen LogP contribution is -2.35. The van der Waals surface area contributed by atoms with Crippen LogP contribution in [0.25, 0.3) is 0 Å². The maximum absolute atomic E-state index is 12.4. The smallest absolute Gasteiger partial charge is 0.237 e. The molecule has 1 aliphatic rings. The van der Waals surface area contributed by atoms with Gasteiger partial charge in [0, 0.05) is 23.7 Å². The van der Waals surface area contributed by atoms with E-state index in [0.29, 0.717) is 0 Å². The molecule has 4 nitrogen and oxygen atoms in total. The normalized spacial score (nSPS) is 16.8. The van der Waals surface area contributed by atoms with Gasteiger partial charge in [-0.15, -0.1) is 11.8 Å². The second-order valence-electron chi connectivity index (χ2n) is 6.71. The van der Waals surface area contributed by atoms with E-state index in [1.807, 2.05) is 61.5 Å². The number of piperidine rings is 1. The first kappa shape index (κ1) is 18.8. The molecule has 1 amide bonds. The zero-order valence-corrected chi connectivity index (χ0v) is 16.2. The molecule has 26 heavy (non-hydrogen) atoms. The van der Waals surface area contributed by atoms with Crippen LogP contribution in [-0.2, 0) is 4.79 Å². The molecule has 1 aliphatic heterocycles. The van der Waals surface area contributed by atoms with Crippen molar-refractivity contribution in [3.05, 3.63) is 54.6 Å². The molecule has 1 N–H and O–H groups in total. The number of carbonyl (C=O) groups excluding carboxylic acids is 1. The van der Waals surface area contributed by atoms with E-state index in [-0.39, 0.29) is 17.3 Å². The average molecular weight is 371 g/mol. The van der Waals surface area contributed by atoms with Gasteiger partial charge in [-0.05, 0) is 63.2 Å². The molecule has 1 atom stereocenters. The van der Waals surface area contributed by atoms with Crippen LogP contribution in [0.2, 0.25) is 0 Å². The van der Waals surface area contributed by atoms with Gasteiger partial charge in [-0.25, -0.2) is 0 Å². The van der Waals surface area contributed by atoms with Gasteiger partial charge in [0.05, 0.1) is 5.25 Å². The molecule has 0 radical (unpaired) electrons. The van der Waals surface area contributed by atoms with Crippen LogP contribution in [0.1, 0.15) is 19.8 Å². The van der Waals surface area contributed by atoms with E-state index >= 15 is 0 Å². The van der Waals surface area contributed by atoms with Crippen LogP contribution in [0.5, 0.6) is 5.75 Å². The highest BCUT2D eigenvalue weighted by Gasteiger charge is 2.18. The number of amides is 1. The van der Waals surface area contributed by atoms with Gasteiger partial charge in [0.2, 0.25) is 5.91 Å². The third kappa shape index (κ3) is 5.51. The van der Waals surface area contributed by atoms with E-state index in [9.17, 15) is 4.79 Å². The number of likely N-dealkylation sites (tertiary alicyclic amines) is 1. The first-order valence-corrected chi connectivity index (χ1v) is 9.96. The molecule has 3 rings (SSSR count). The largest absolute Gasteiger partial charge is 0.490 e. The molecule has 2 aromatic carbocycles. The minimum atomic E-state index is -0.160. The maximum Gasteiger partial charge on any atom is 0.237 e. The van der Waals surface area contributed by atoms with Crippen molar-refractivity contribution in [2.24, 2.45) is 0 Å². The van der Waals surface area contributed by atoms with Crippen molar-refractivity contribution in [3.8, 4) is 5.75 Å². The first-order chi connectivity index (χ1) is 12.6. The molecule has 0 saturated carbocycles. The highest BCUT2D eigenvalue weighted by Crippen LogP contribution is 2.25. The molecule has 0 spiro atoms. The zero-order valence-electron chi connectivity index (χ0n) is 15.4. The van der Waals surface area contributed by atoms with E-state index in [0.717, 1.165) is 42.3 Å². The van der Waals surface area contributed by atoms with Gasteiger partial charge in [0.15, 0.2) is 0 Å². The number of carbonyl (C=O) groups is 1. The molecule has 1 heterocycles. The van der Waals surface area contributed by atoms with Gasteiger partial charge in [-0.3, -0.25) is 4.79 Å². The minimum Gasteiger partial charge on any atom is -0.490 e. The van der Waals surface area contributed by atoms with Crippen molar-refractivity contribution in [1.29, 1.82) is 0 Å². The summed E-state index contributed by atoms with van der Waals surface area (Å²) < 4.78 is 6.05. The number of nitrogens with one attached hydrogen (secondary N) is 1. The quantitative estimate of drug-likeness (QED) is 0.771. The minimum absolute atomic E-state index is 0.00263. The Kier molecular flexibility index (Phi) is 6.58. The van der Waals surface area contributed by atoms with Crippen LogP contribution in [0.4, 0.5) is 5.69 Å². The predicted molar refractivity (Wildman–Crippen MR) is 108 cm³/mol. The van der Waals surface area contributed by atoms with Gasteiger partial charge in [0.1, 0.15) is 11.9 Å². The lowest BCUT2D eigenvalue weighted by Gasteiger charge is -2.29. The number of nitrogens with zero attached hydrogens (tertiary/aromatic N) is 1. The Morgan fingerprint density at radius 3 is 2.42 bits per heavy atom. The lowest BCUT2D eigenvalue weighted by atomic mass is 10.1. The fraction of sp³-hybridized carbons (Fsp3) is 0.381. The molecule has 0 bridgehead atoms. The van der Waals surface area contributed by atoms with E-state index in [4.69, 9.17) is 4.74 Å². The zero-order chi connectivity index (χ0) is 18.4. The van der Waals surface area contributed by atoms with Gasteiger partial charge < -0.3 is 15.0 Å². The maximum atomic E-state index is 12.4. The van der Waals surface area contributed by atoms with Crippen molar-refractivity contribution in [2.75, 3.05) is 25.5 Å². The molecular formula is C21H26N2O2S. The second kappa shape index (κ2) is 9.10. The Bertz CT molecular complexity index is 698. The fourth-order valence-electron chi connectivity index (χ4n) is 2.91. The summed E-state index contributed by atoms with van der Waals surface area (Å²) >= 11 is 1.56. The van der Waals surface area contributed by atoms with Crippen molar-refractivity contribution in [3.63, 3.8) is 0 Å². The Balaban J connectivity index is 1.49. The number of benzene rings is 2. The Hall–Kier alpha value is -1.98. The summed E-state index contributed by atoms with van der Waals surface area (Å²) in [6.07, 6.45) is 2.40. The Morgan fingerprint density at radius 2 is 1.77 bits per heavy atom. The molecule has 1 fully saturated rings. The number of hydrogen-bond acceptors (Lipinski definition) is 4. The van der Waals surface area contributed by atoms with Gasteiger partial charge in [-0.2, -0.15) is 0 Å². The second-order valence-corrected chi connectivity index (χ2v) is 8.12. The average Bonchev–Trinajstić information content (AvgIpc) is 2.66. The van der Waals surface area contributed by atoms with E-state index in [1.165, 1.54) is 0 Å². The highest BCUT2D eigenvalue weighted by molar-refractivity contribution is 8.00. The van der Waals surface area contributed by atoms with Gasteiger partial charge >= 0.3 is 0 Å². The van der Waals surface area contributed by atoms with E-state index in [1.54, 1.807) is 11.8 Å². The van der Waals surface area contributed by atoms with Crippen LogP contribution in [0, 0.1) is 0 Å². The Morgan fingerprint density at radius 1 is 1.12 bits per heavy atom. The van der Waals surface area contributed by atoms with E-state index in [2.05, 4.69) is 17.3 Å². The van der Waals surface area contributed by atoms with Crippen molar-refractivity contribution < 1.29 is 9.53 Å². The fourth-order valence-corrected chi connectivity index (χ4v) is 3.80. The van der Waals surface area contributed by atoms with Crippen LogP contribution >= 0.6 is 11.8 Å². The van der Waals surface area contributed by atoms with Crippen LogP contribution < -0.4 is 10.1 Å². The van der Waals surface area contributed by atoms with Crippen molar-refractivity contribution in [2.45, 2.75) is 36.0 Å². The molecule has 0 aromatic heterocycles. The third-order valence-electron chi connectivity index (χ3n) is 4.52. The molecule has 1 saturated heterocycles. The molecule has 0 unspecified atom stereocenters. The van der Waals surface area contributed by atoms with E-state index < -0.39 is 0 Å². The lowest BCUT2D eigenvalue weighted by molar-refractivity contribution is -0.115. The molecule has 5 heteroatoms. The highest BCUT2D eigenvalue weighted by atomic mass is 32.2. The summed E-state index contributed by atoms with van der Waals surface area (Å²) in [5.41, 5.74) is 0.797. The molecule has 138 valence electrons. The molecule has 2 aromatic rings. The number of ether oxygens (including phenoxy) is 1. The van der Waals surface area contributed by atoms with Crippen LogP contribution in [-0.4, -0.2) is 42.3 Å².